The maximum Gasteiger partial charge on any atom is 0.395 e. The second-order valence-electron chi connectivity index (χ2n) is 12.8. The summed E-state index contributed by atoms with van der Waals surface area (Å²) in [5, 5.41) is 6.17. The van der Waals surface area contributed by atoms with Crippen LogP contribution in [0.15, 0.2) is 75.3 Å². The molecule has 1 aromatic heterocycles. The molecule has 47 heavy (non-hydrogen) atoms. The van der Waals surface area contributed by atoms with Gasteiger partial charge in [0.25, 0.3) is 0 Å². The van der Waals surface area contributed by atoms with Crippen molar-refractivity contribution < 1.29 is 22.0 Å². The summed E-state index contributed by atoms with van der Waals surface area (Å²) >= 11 is 8.08. The first-order valence-corrected chi connectivity index (χ1v) is 17.4. The minimum Gasteiger partial charge on any atom is -0.327 e. The Kier molecular flexibility index (Phi) is 11.1. The fourth-order valence-electron chi connectivity index (χ4n) is 6.45. The Morgan fingerprint density at radius 2 is 2.06 bits per heavy atom. The largest absolute Gasteiger partial charge is 0.395 e. The van der Waals surface area contributed by atoms with Crippen LogP contribution in [-0.4, -0.2) is 59.0 Å². The third-order valence-corrected chi connectivity index (χ3v) is 10.4. The van der Waals surface area contributed by atoms with Gasteiger partial charge in [-0.05, 0) is 76.7 Å². The van der Waals surface area contributed by atoms with Gasteiger partial charge in [-0.1, -0.05) is 55.7 Å². The molecule has 2 aromatic rings. The molecular formula is C35H41ClF5N5S. The van der Waals surface area contributed by atoms with E-state index in [0.29, 0.717) is 56.0 Å². The standard InChI is InChI=1S/C35H41ClF5N5S/c1-5-6-7-26(35(39,40)41)21(2)11-14-42-15-12-23-18-29-30(28-10-13-34(4,45-28)22(3)37)31(25-9-8-24(38)19-27(25)36)44-32(46(29)20-23)33-43-16-17-47-33/h8-10,13,16-17,19,22-23,26,31,42H,2,5-7,11-12,14-15,18,20H2,1,3-4H3/t22?,23-,26-,31-,34-/m0/s1. The molecule has 12 heteroatoms. The zero-order chi connectivity index (χ0) is 33.9. The summed E-state index contributed by atoms with van der Waals surface area (Å²) in [4.78, 5) is 16.7. The van der Waals surface area contributed by atoms with Crippen molar-refractivity contribution >= 4 is 34.5 Å². The molecular weight excluding hydrogens is 653 g/mol. The van der Waals surface area contributed by atoms with E-state index in [0.717, 1.165) is 22.7 Å². The fourth-order valence-corrected chi connectivity index (χ4v) is 7.36. The van der Waals surface area contributed by atoms with E-state index in [4.69, 9.17) is 21.6 Å². The molecule has 0 aliphatic carbocycles. The van der Waals surface area contributed by atoms with Crippen LogP contribution in [0.2, 0.25) is 5.02 Å². The molecule has 1 aromatic carbocycles. The molecule has 1 unspecified atom stereocenters. The summed E-state index contributed by atoms with van der Waals surface area (Å²) in [5.41, 5.74) is 2.21. The molecule has 0 radical (unpaired) electrons. The third kappa shape index (κ3) is 7.89. The summed E-state index contributed by atoms with van der Waals surface area (Å²) in [6.07, 6.45) is 2.82. The van der Waals surface area contributed by atoms with E-state index in [1.54, 1.807) is 25.3 Å². The Hall–Kier alpha value is -2.89. The van der Waals surface area contributed by atoms with Gasteiger partial charge in [0.05, 0.1) is 11.6 Å². The number of rotatable bonds is 14. The summed E-state index contributed by atoms with van der Waals surface area (Å²) in [6.45, 7) is 10.6. The first-order chi connectivity index (χ1) is 22.3. The molecule has 5 nitrogen and oxygen atoms in total. The monoisotopic (exact) mass is 693 g/mol. The molecule has 5 atom stereocenters. The minimum atomic E-state index is -4.28. The lowest BCUT2D eigenvalue weighted by Gasteiger charge is -2.33. The lowest BCUT2D eigenvalue weighted by Crippen LogP contribution is -2.35. The Bertz CT molecular complexity index is 1560. The number of fused-ring (bicyclic) bond motifs is 1. The summed E-state index contributed by atoms with van der Waals surface area (Å²) in [7, 11) is 0. The number of nitrogens with zero attached hydrogens (tertiary/aromatic N) is 4. The third-order valence-electron chi connectivity index (χ3n) is 9.33. The van der Waals surface area contributed by atoms with Gasteiger partial charge in [0, 0.05) is 40.0 Å². The normalized spacial score (nSPS) is 24.0. The van der Waals surface area contributed by atoms with Gasteiger partial charge in [-0.25, -0.2) is 13.8 Å². The van der Waals surface area contributed by atoms with Crippen molar-refractivity contribution in [1.82, 2.24) is 15.2 Å². The van der Waals surface area contributed by atoms with Crippen LogP contribution in [0.25, 0.3) is 0 Å². The number of aromatic nitrogens is 1. The first-order valence-electron chi connectivity index (χ1n) is 16.1. The van der Waals surface area contributed by atoms with Crippen molar-refractivity contribution in [2.75, 3.05) is 19.6 Å². The quantitative estimate of drug-likeness (QED) is 0.122. The minimum absolute atomic E-state index is 0.0746. The number of allylic oxidation sites excluding steroid dienone is 2. The van der Waals surface area contributed by atoms with E-state index in [1.165, 1.54) is 30.4 Å². The molecule has 3 aliphatic rings. The molecule has 5 rings (SSSR count). The number of halogens is 6. The lowest BCUT2D eigenvalue weighted by atomic mass is 9.90. The van der Waals surface area contributed by atoms with E-state index in [-0.39, 0.29) is 29.4 Å². The van der Waals surface area contributed by atoms with E-state index < -0.39 is 35.7 Å². The molecule has 0 spiro atoms. The highest BCUT2D eigenvalue weighted by molar-refractivity contribution is 7.11. The highest BCUT2D eigenvalue weighted by atomic mass is 35.5. The van der Waals surface area contributed by atoms with Gasteiger partial charge in [-0.3, -0.25) is 9.98 Å². The molecule has 3 aliphatic heterocycles. The Morgan fingerprint density at radius 3 is 2.70 bits per heavy atom. The van der Waals surface area contributed by atoms with E-state index in [9.17, 15) is 22.0 Å². The number of thiazole rings is 1. The van der Waals surface area contributed by atoms with Crippen molar-refractivity contribution in [3.05, 3.63) is 86.8 Å². The summed E-state index contributed by atoms with van der Waals surface area (Å²) in [6, 6.07) is 3.63. The predicted molar refractivity (Wildman–Crippen MR) is 181 cm³/mol. The van der Waals surface area contributed by atoms with Crippen LogP contribution in [0.4, 0.5) is 22.0 Å². The molecule has 4 heterocycles. The average Bonchev–Trinajstić information content (AvgIpc) is 3.77. The van der Waals surface area contributed by atoms with Crippen molar-refractivity contribution in [3.8, 4) is 0 Å². The molecule has 0 saturated carbocycles. The van der Waals surface area contributed by atoms with Gasteiger partial charge in [0.2, 0.25) is 0 Å². The maximum atomic E-state index is 14.7. The van der Waals surface area contributed by atoms with Crippen LogP contribution in [0.5, 0.6) is 0 Å². The number of nitrogens with one attached hydrogen (secondary N) is 1. The Balaban J connectivity index is 1.39. The topological polar surface area (TPSA) is 52.9 Å². The molecule has 1 fully saturated rings. The Morgan fingerprint density at radius 1 is 1.28 bits per heavy atom. The maximum absolute atomic E-state index is 14.7. The number of aliphatic imine (C=N–C) groups is 2. The van der Waals surface area contributed by atoms with Crippen LogP contribution in [0, 0.1) is 17.7 Å². The van der Waals surface area contributed by atoms with E-state index >= 15 is 0 Å². The molecule has 0 bridgehead atoms. The zero-order valence-corrected chi connectivity index (χ0v) is 28.5. The second-order valence-corrected chi connectivity index (χ2v) is 14.1. The van der Waals surface area contributed by atoms with Crippen LogP contribution in [-0.2, 0) is 0 Å². The molecule has 1 saturated heterocycles. The number of benzene rings is 1. The van der Waals surface area contributed by atoms with Crippen LogP contribution in [0.3, 0.4) is 0 Å². The number of unbranched alkanes of at least 4 members (excludes halogenated alkanes) is 1. The first kappa shape index (κ1) is 35.4. The highest BCUT2D eigenvalue weighted by Crippen LogP contribution is 2.46. The van der Waals surface area contributed by atoms with Gasteiger partial charge >= 0.3 is 6.18 Å². The second kappa shape index (κ2) is 14.7. The number of hydrogen-bond acceptors (Lipinski definition) is 6. The van der Waals surface area contributed by atoms with Crippen molar-refractivity contribution in [2.24, 2.45) is 21.8 Å². The van der Waals surface area contributed by atoms with Crippen molar-refractivity contribution in [2.45, 2.75) is 83.2 Å². The predicted octanol–water partition coefficient (Wildman–Crippen LogP) is 9.44. The molecule has 254 valence electrons. The van der Waals surface area contributed by atoms with Crippen molar-refractivity contribution in [1.29, 1.82) is 0 Å². The van der Waals surface area contributed by atoms with Gasteiger partial charge in [-0.15, -0.1) is 11.3 Å². The zero-order valence-electron chi connectivity index (χ0n) is 26.9. The number of alkyl halides is 4. The van der Waals surface area contributed by atoms with Crippen LogP contribution < -0.4 is 5.32 Å². The number of hydrogen-bond donors (Lipinski definition) is 1. The highest BCUT2D eigenvalue weighted by Gasteiger charge is 2.43. The Labute approximate surface area is 282 Å². The SMILES string of the molecule is C=C(CCNCC[C@H]1CC2=C(C3=N[C@](C)(C(C)F)C=C3)[C@H](c3ccc(F)cc3Cl)N=C(c3nccs3)N2C1)[C@H](CCCC)C(F)(F)F. The van der Waals surface area contributed by atoms with E-state index in [2.05, 4.69) is 21.8 Å². The summed E-state index contributed by atoms with van der Waals surface area (Å²) in [5.74, 6) is -1.06. The van der Waals surface area contributed by atoms with Gasteiger partial charge in [-0.2, -0.15) is 13.2 Å². The lowest BCUT2D eigenvalue weighted by molar-refractivity contribution is -0.166. The molecule has 1 N–H and O–H groups in total. The van der Waals surface area contributed by atoms with Gasteiger partial charge in [0.15, 0.2) is 10.8 Å². The van der Waals surface area contributed by atoms with Crippen molar-refractivity contribution in [3.63, 3.8) is 0 Å². The average molecular weight is 694 g/mol. The fraction of sp³-hybridized carbons (Fsp3) is 0.514. The summed E-state index contributed by atoms with van der Waals surface area (Å²) < 4.78 is 69.6. The number of amidine groups is 1. The van der Waals surface area contributed by atoms with Crippen LogP contribution >= 0.6 is 22.9 Å². The molecule has 0 amide bonds. The van der Waals surface area contributed by atoms with Crippen LogP contribution in [0.1, 0.15) is 75.9 Å². The van der Waals surface area contributed by atoms with Gasteiger partial charge < -0.3 is 10.2 Å². The smallest absolute Gasteiger partial charge is 0.327 e. The van der Waals surface area contributed by atoms with E-state index in [1.807, 2.05) is 18.4 Å². The van der Waals surface area contributed by atoms with Gasteiger partial charge in [0.1, 0.15) is 23.6 Å².